The van der Waals surface area contributed by atoms with E-state index in [2.05, 4.69) is 20.1 Å². The summed E-state index contributed by atoms with van der Waals surface area (Å²) in [4.78, 5) is 21.4. The Morgan fingerprint density at radius 2 is 2.04 bits per heavy atom. The average Bonchev–Trinajstić information content (AvgIpc) is 3.38. The van der Waals surface area contributed by atoms with Gasteiger partial charge in [-0.15, -0.1) is 11.3 Å². The molecular formula is C19H24N4O3S. The average molecular weight is 388 g/mol. The molecular weight excluding hydrogens is 364 g/mol. The van der Waals surface area contributed by atoms with Crippen molar-refractivity contribution in [3.8, 4) is 0 Å². The fraction of sp³-hybridized carbons (Fsp3) is 0.474. The van der Waals surface area contributed by atoms with Crippen molar-refractivity contribution in [3.05, 3.63) is 35.3 Å². The maximum absolute atomic E-state index is 12.5. The number of hydrogen-bond donors (Lipinski definition) is 2. The first-order valence-electron chi connectivity index (χ1n) is 9.32. The van der Waals surface area contributed by atoms with E-state index < -0.39 is 0 Å². The molecule has 144 valence electrons. The van der Waals surface area contributed by atoms with Crippen molar-refractivity contribution in [3.63, 3.8) is 0 Å². The van der Waals surface area contributed by atoms with Gasteiger partial charge in [-0.3, -0.25) is 4.79 Å². The number of aliphatic hydroxyl groups excluding tert-OH is 1. The van der Waals surface area contributed by atoms with E-state index in [-0.39, 0.29) is 18.6 Å². The highest BCUT2D eigenvalue weighted by molar-refractivity contribution is 7.14. The number of aromatic nitrogens is 1. The number of anilines is 3. The molecule has 0 aliphatic carbocycles. The third-order valence-corrected chi connectivity index (χ3v) is 5.94. The van der Waals surface area contributed by atoms with Crippen LogP contribution in [-0.4, -0.2) is 61.5 Å². The van der Waals surface area contributed by atoms with Crippen molar-refractivity contribution in [2.45, 2.75) is 18.9 Å². The predicted molar refractivity (Wildman–Crippen MR) is 107 cm³/mol. The number of thiazole rings is 1. The highest BCUT2D eigenvalue weighted by Gasteiger charge is 2.26. The molecule has 8 heteroatoms. The Kier molecular flexibility index (Phi) is 5.56. The first-order chi connectivity index (χ1) is 13.2. The van der Waals surface area contributed by atoms with Gasteiger partial charge in [0.2, 0.25) is 0 Å². The van der Waals surface area contributed by atoms with E-state index in [0.29, 0.717) is 5.69 Å². The number of benzene rings is 1. The summed E-state index contributed by atoms with van der Waals surface area (Å²) in [5, 5.41) is 15.0. The molecule has 1 unspecified atom stereocenters. The van der Waals surface area contributed by atoms with E-state index in [1.54, 1.807) is 5.38 Å². The van der Waals surface area contributed by atoms with E-state index in [0.717, 1.165) is 62.2 Å². The van der Waals surface area contributed by atoms with Crippen LogP contribution in [0.25, 0.3) is 0 Å². The van der Waals surface area contributed by atoms with Crippen molar-refractivity contribution in [2.24, 2.45) is 0 Å². The van der Waals surface area contributed by atoms with Crippen LogP contribution in [0, 0.1) is 0 Å². The molecule has 4 rings (SSSR count). The lowest BCUT2D eigenvalue weighted by Gasteiger charge is -2.28. The van der Waals surface area contributed by atoms with Gasteiger partial charge in [0.05, 0.1) is 25.9 Å². The maximum atomic E-state index is 12.5. The molecule has 1 aromatic carbocycles. The second-order valence-electron chi connectivity index (χ2n) is 6.79. The van der Waals surface area contributed by atoms with Gasteiger partial charge in [-0.05, 0) is 37.1 Å². The number of aliphatic hydroxyl groups is 1. The van der Waals surface area contributed by atoms with Crippen LogP contribution in [-0.2, 0) is 4.74 Å². The zero-order valence-corrected chi connectivity index (χ0v) is 16.0. The van der Waals surface area contributed by atoms with E-state index in [4.69, 9.17) is 4.74 Å². The number of hydrogen-bond acceptors (Lipinski definition) is 7. The molecule has 2 saturated heterocycles. The lowest BCUT2D eigenvalue weighted by atomic mass is 10.2. The van der Waals surface area contributed by atoms with Crippen LogP contribution in [0.5, 0.6) is 0 Å². The lowest BCUT2D eigenvalue weighted by molar-refractivity contribution is 0.102. The molecule has 2 fully saturated rings. The molecule has 27 heavy (non-hydrogen) atoms. The second kappa shape index (κ2) is 8.24. The summed E-state index contributed by atoms with van der Waals surface area (Å²) in [5.41, 5.74) is 2.30. The summed E-state index contributed by atoms with van der Waals surface area (Å²) in [6, 6.07) is 7.98. The van der Waals surface area contributed by atoms with Crippen molar-refractivity contribution in [2.75, 3.05) is 54.6 Å². The van der Waals surface area contributed by atoms with Crippen LogP contribution in [0.3, 0.4) is 0 Å². The number of nitrogens with zero attached hydrogens (tertiary/aromatic N) is 3. The van der Waals surface area contributed by atoms with Crippen molar-refractivity contribution in [1.29, 1.82) is 0 Å². The summed E-state index contributed by atoms with van der Waals surface area (Å²) >= 11 is 1.45. The van der Waals surface area contributed by atoms with Crippen molar-refractivity contribution in [1.82, 2.24) is 4.98 Å². The summed E-state index contributed by atoms with van der Waals surface area (Å²) in [5.74, 6) is -0.212. The first-order valence-corrected chi connectivity index (χ1v) is 10.2. The number of nitrogens with one attached hydrogen (secondary N) is 1. The Bertz CT molecular complexity index is 774. The largest absolute Gasteiger partial charge is 0.394 e. The van der Waals surface area contributed by atoms with Gasteiger partial charge in [-0.1, -0.05) is 0 Å². The second-order valence-corrected chi connectivity index (χ2v) is 7.62. The van der Waals surface area contributed by atoms with Gasteiger partial charge in [-0.2, -0.15) is 0 Å². The monoisotopic (exact) mass is 388 g/mol. The number of amides is 1. The number of morpholine rings is 1. The Morgan fingerprint density at radius 1 is 1.26 bits per heavy atom. The minimum Gasteiger partial charge on any atom is -0.394 e. The van der Waals surface area contributed by atoms with Crippen LogP contribution in [0.4, 0.5) is 16.5 Å². The molecule has 1 atom stereocenters. The first kappa shape index (κ1) is 18.2. The van der Waals surface area contributed by atoms with Gasteiger partial charge < -0.3 is 25.0 Å². The van der Waals surface area contributed by atoms with Crippen molar-refractivity contribution < 1.29 is 14.6 Å². The van der Waals surface area contributed by atoms with Crippen LogP contribution >= 0.6 is 11.3 Å². The zero-order chi connectivity index (χ0) is 18.6. The quantitative estimate of drug-likeness (QED) is 0.818. The van der Waals surface area contributed by atoms with E-state index >= 15 is 0 Å². The molecule has 0 radical (unpaired) electrons. The molecule has 2 aliphatic heterocycles. The molecule has 0 saturated carbocycles. The molecule has 2 aromatic rings. The molecule has 0 bridgehead atoms. The number of rotatable bonds is 5. The fourth-order valence-electron chi connectivity index (χ4n) is 3.55. The Labute approximate surface area is 162 Å². The Morgan fingerprint density at radius 3 is 2.78 bits per heavy atom. The van der Waals surface area contributed by atoms with Crippen LogP contribution in [0.1, 0.15) is 23.3 Å². The number of ether oxygens (including phenoxy) is 1. The maximum Gasteiger partial charge on any atom is 0.275 e. The van der Waals surface area contributed by atoms with Gasteiger partial charge in [0.15, 0.2) is 5.13 Å². The SMILES string of the molecule is O=C(Nc1ccc(N2CCOCC2)cc1)c1csc(N2CCCC2CO)n1. The Hall–Kier alpha value is -2.16. The lowest BCUT2D eigenvalue weighted by Crippen LogP contribution is -2.36. The minimum atomic E-state index is -0.212. The summed E-state index contributed by atoms with van der Waals surface area (Å²) in [6.45, 7) is 4.27. The van der Waals surface area contributed by atoms with Gasteiger partial charge >= 0.3 is 0 Å². The van der Waals surface area contributed by atoms with Gasteiger partial charge in [0.1, 0.15) is 5.69 Å². The smallest absolute Gasteiger partial charge is 0.275 e. The van der Waals surface area contributed by atoms with E-state index in [9.17, 15) is 9.90 Å². The summed E-state index contributed by atoms with van der Waals surface area (Å²) in [6.07, 6.45) is 2.01. The van der Waals surface area contributed by atoms with Gasteiger partial charge in [0.25, 0.3) is 5.91 Å². The summed E-state index contributed by atoms with van der Waals surface area (Å²) < 4.78 is 5.38. The third kappa shape index (κ3) is 4.07. The van der Waals surface area contributed by atoms with Gasteiger partial charge in [0, 0.05) is 36.4 Å². The molecule has 3 heterocycles. The topological polar surface area (TPSA) is 77.9 Å². The zero-order valence-electron chi connectivity index (χ0n) is 15.1. The normalized spacial score (nSPS) is 20.1. The highest BCUT2D eigenvalue weighted by atomic mass is 32.1. The molecule has 7 nitrogen and oxygen atoms in total. The van der Waals surface area contributed by atoms with Crippen LogP contribution in [0.2, 0.25) is 0 Å². The predicted octanol–water partition coefficient (Wildman–Crippen LogP) is 2.19. The molecule has 2 aliphatic rings. The van der Waals surface area contributed by atoms with E-state index in [1.165, 1.54) is 11.3 Å². The molecule has 2 N–H and O–H groups in total. The minimum absolute atomic E-state index is 0.111. The third-order valence-electron chi connectivity index (χ3n) is 5.06. The van der Waals surface area contributed by atoms with Gasteiger partial charge in [-0.25, -0.2) is 4.98 Å². The number of carbonyl (C=O) groups excluding carboxylic acids is 1. The molecule has 0 spiro atoms. The van der Waals surface area contributed by atoms with E-state index in [1.807, 2.05) is 24.3 Å². The van der Waals surface area contributed by atoms with Crippen LogP contribution < -0.4 is 15.1 Å². The standard InChI is InChI=1S/C19H24N4O3S/c24-12-16-2-1-7-23(16)19-21-17(13-27-19)18(25)20-14-3-5-15(6-4-14)22-8-10-26-11-9-22/h3-6,13,16,24H,1-2,7-12H2,(H,20,25). The Balaban J connectivity index is 1.39. The molecule has 1 amide bonds. The summed E-state index contributed by atoms with van der Waals surface area (Å²) in [7, 11) is 0. The number of carbonyl (C=O) groups is 1. The van der Waals surface area contributed by atoms with Crippen LogP contribution in [0.15, 0.2) is 29.6 Å². The molecule has 1 aromatic heterocycles. The van der Waals surface area contributed by atoms with Crippen molar-refractivity contribution >= 4 is 33.8 Å². The fourth-order valence-corrected chi connectivity index (χ4v) is 4.45. The highest BCUT2D eigenvalue weighted by Crippen LogP contribution is 2.28.